The van der Waals surface area contributed by atoms with Gasteiger partial charge in [0.25, 0.3) is 0 Å². The van der Waals surface area contributed by atoms with Crippen molar-refractivity contribution in [2.45, 2.75) is 38.9 Å². The Hall–Kier alpha value is -2.48. The highest BCUT2D eigenvalue weighted by Gasteiger charge is 2.44. The normalized spacial score (nSPS) is 22.1. The summed E-state index contributed by atoms with van der Waals surface area (Å²) in [6, 6.07) is 1.30. The summed E-state index contributed by atoms with van der Waals surface area (Å²) < 4.78 is 31.7. The van der Waals surface area contributed by atoms with Crippen LogP contribution in [0.3, 0.4) is 0 Å². The van der Waals surface area contributed by atoms with Crippen LogP contribution in [0.2, 0.25) is 0 Å². The van der Waals surface area contributed by atoms with E-state index in [0.29, 0.717) is 6.54 Å². The Kier molecular flexibility index (Phi) is 4.18. The number of fused-ring (bicyclic) bond motifs is 3. The number of pyridine rings is 1. The van der Waals surface area contributed by atoms with Crippen molar-refractivity contribution in [1.29, 1.82) is 0 Å². The Labute approximate surface area is 154 Å². The molecule has 0 radical (unpaired) electrons. The molecule has 2 saturated heterocycles. The number of likely N-dealkylation sites (tertiary alicyclic amines) is 1. The van der Waals surface area contributed by atoms with Gasteiger partial charge in [-0.3, -0.25) is 9.69 Å². The van der Waals surface area contributed by atoms with Crippen molar-refractivity contribution in [3.63, 3.8) is 0 Å². The van der Waals surface area contributed by atoms with Crippen LogP contribution in [-0.2, 0) is 6.54 Å². The molecule has 0 saturated carbocycles. The highest BCUT2D eigenvalue weighted by molar-refractivity contribution is 5.94. The van der Waals surface area contributed by atoms with Gasteiger partial charge < -0.3 is 14.6 Å². The number of carboxylic acids is 1. The van der Waals surface area contributed by atoms with Gasteiger partial charge in [0.15, 0.2) is 5.82 Å². The number of hydrogen-bond donors (Lipinski definition) is 1. The molecule has 0 spiro atoms. The van der Waals surface area contributed by atoms with Gasteiger partial charge in [0.1, 0.15) is 17.1 Å². The summed E-state index contributed by atoms with van der Waals surface area (Å²) in [5.41, 5.74) is -1.52. The molecule has 2 unspecified atom stereocenters. The number of likely N-dealkylation sites (N-methyl/N-ethyl adjacent to an activating group) is 1. The van der Waals surface area contributed by atoms with Crippen LogP contribution in [-0.4, -0.2) is 52.3 Å². The van der Waals surface area contributed by atoms with Gasteiger partial charge in [-0.2, -0.15) is 0 Å². The van der Waals surface area contributed by atoms with Crippen molar-refractivity contribution in [3.05, 3.63) is 39.7 Å². The van der Waals surface area contributed by atoms with Crippen molar-refractivity contribution in [2.75, 3.05) is 24.5 Å². The molecule has 27 heavy (non-hydrogen) atoms. The number of rotatable bonds is 4. The number of halogens is 2. The molecule has 2 aliphatic heterocycles. The molecule has 2 atom stereocenters. The molecular formula is C19H21F2N3O3. The average molecular weight is 377 g/mol. The summed E-state index contributed by atoms with van der Waals surface area (Å²) in [6.07, 6.45) is 2.00. The minimum absolute atomic E-state index is 0.0384. The zero-order chi connectivity index (χ0) is 19.5. The van der Waals surface area contributed by atoms with E-state index in [-0.39, 0.29) is 35.2 Å². The van der Waals surface area contributed by atoms with Crippen LogP contribution < -0.4 is 10.3 Å². The second-order valence-corrected chi connectivity index (χ2v) is 7.16. The third kappa shape index (κ3) is 2.54. The zero-order valence-corrected chi connectivity index (χ0v) is 15.2. The van der Waals surface area contributed by atoms with Gasteiger partial charge in [-0.1, -0.05) is 6.92 Å². The maximum atomic E-state index is 15.4. The largest absolute Gasteiger partial charge is 0.477 e. The Bertz CT molecular complexity index is 1000. The molecule has 2 aromatic rings. The first-order valence-electron chi connectivity index (χ1n) is 9.16. The topological polar surface area (TPSA) is 65.8 Å². The van der Waals surface area contributed by atoms with Crippen LogP contribution in [0.1, 0.15) is 30.6 Å². The van der Waals surface area contributed by atoms with E-state index < -0.39 is 28.6 Å². The Morgan fingerprint density at radius 3 is 2.52 bits per heavy atom. The molecule has 4 rings (SSSR count). The third-order valence-electron chi connectivity index (χ3n) is 5.85. The standard InChI is InChI=1S/C19H21F2N3O3/c1-3-22-7-11-5-10(22)8-24(11)17-14(20)6-12-16(15(17)21)23(4-2)9-13(18(12)25)19(26)27/h6,9-11H,3-5,7-8H2,1-2H3,(H,26,27). The highest BCUT2D eigenvalue weighted by Crippen LogP contribution is 2.38. The second kappa shape index (κ2) is 6.30. The predicted molar refractivity (Wildman–Crippen MR) is 97.5 cm³/mol. The summed E-state index contributed by atoms with van der Waals surface area (Å²) in [6.45, 7) is 6.26. The zero-order valence-electron chi connectivity index (χ0n) is 15.2. The predicted octanol–water partition coefficient (Wildman–Crippen LogP) is 2.28. The fraction of sp³-hybridized carbons (Fsp3) is 0.474. The monoisotopic (exact) mass is 377 g/mol. The van der Waals surface area contributed by atoms with Crippen LogP contribution in [0.25, 0.3) is 10.9 Å². The first-order valence-corrected chi connectivity index (χ1v) is 9.16. The molecule has 0 amide bonds. The lowest BCUT2D eigenvalue weighted by Gasteiger charge is -2.35. The van der Waals surface area contributed by atoms with Gasteiger partial charge in [-0.25, -0.2) is 13.6 Å². The van der Waals surface area contributed by atoms with E-state index in [1.807, 2.05) is 0 Å². The summed E-state index contributed by atoms with van der Waals surface area (Å²) in [7, 11) is 0. The SMILES string of the molecule is CCN1CC2CC1CN2c1c(F)cc2c(=O)c(C(=O)O)cn(CC)c2c1F. The first kappa shape index (κ1) is 17.9. The number of carboxylic acid groups (broad SMARTS) is 1. The maximum absolute atomic E-state index is 15.4. The lowest BCUT2D eigenvalue weighted by molar-refractivity contribution is 0.0695. The Morgan fingerprint density at radius 2 is 1.96 bits per heavy atom. The smallest absolute Gasteiger partial charge is 0.341 e. The third-order valence-corrected chi connectivity index (χ3v) is 5.85. The quantitative estimate of drug-likeness (QED) is 0.886. The summed E-state index contributed by atoms with van der Waals surface area (Å²) in [5, 5.41) is 8.98. The second-order valence-electron chi connectivity index (χ2n) is 7.16. The van der Waals surface area contributed by atoms with Crippen molar-refractivity contribution >= 4 is 22.6 Å². The molecule has 0 aliphatic carbocycles. The van der Waals surface area contributed by atoms with E-state index in [2.05, 4.69) is 11.8 Å². The van der Waals surface area contributed by atoms with Gasteiger partial charge >= 0.3 is 5.97 Å². The van der Waals surface area contributed by atoms with Crippen molar-refractivity contribution < 1.29 is 18.7 Å². The lowest BCUT2D eigenvalue weighted by atomic mass is 10.1. The molecule has 1 N–H and O–H groups in total. The summed E-state index contributed by atoms with van der Waals surface area (Å²) in [4.78, 5) is 27.8. The van der Waals surface area contributed by atoms with E-state index in [4.69, 9.17) is 0 Å². The molecule has 1 aromatic carbocycles. The number of aromatic carboxylic acids is 1. The Morgan fingerprint density at radius 1 is 1.22 bits per heavy atom. The van der Waals surface area contributed by atoms with Crippen LogP contribution in [0.4, 0.5) is 14.5 Å². The molecule has 3 heterocycles. The molecule has 2 aliphatic rings. The van der Waals surface area contributed by atoms with Crippen LogP contribution in [0.15, 0.2) is 17.1 Å². The minimum Gasteiger partial charge on any atom is -0.477 e. The van der Waals surface area contributed by atoms with E-state index in [9.17, 15) is 19.1 Å². The van der Waals surface area contributed by atoms with E-state index in [1.54, 1.807) is 11.8 Å². The van der Waals surface area contributed by atoms with E-state index >= 15 is 4.39 Å². The number of hydrogen-bond acceptors (Lipinski definition) is 4. The lowest BCUT2D eigenvalue weighted by Crippen LogP contribution is -2.46. The number of benzene rings is 1. The highest BCUT2D eigenvalue weighted by atomic mass is 19.1. The molecular weight excluding hydrogens is 356 g/mol. The van der Waals surface area contributed by atoms with Crippen LogP contribution in [0, 0.1) is 11.6 Å². The molecule has 144 valence electrons. The number of aryl methyl sites for hydroxylation is 1. The summed E-state index contributed by atoms with van der Waals surface area (Å²) >= 11 is 0. The van der Waals surface area contributed by atoms with Crippen LogP contribution >= 0.6 is 0 Å². The minimum atomic E-state index is -1.41. The van der Waals surface area contributed by atoms with Gasteiger partial charge in [-0.05, 0) is 26.0 Å². The molecule has 2 bridgehead atoms. The van der Waals surface area contributed by atoms with E-state index in [1.165, 1.54) is 4.57 Å². The fourth-order valence-corrected chi connectivity index (χ4v) is 4.55. The number of anilines is 1. The van der Waals surface area contributed by atoms with Crippen molar-refractivity contribution in [1.82, 2.24) is 9.47 Å². The van der Waals surface area contributed by atoms with Gasteiger partial charge in [0, 0.05) is 37.9 Å². The van der Waals surface area contributed by atoms with Crippen molar-refractivity contribution in [2.24, 2.45) is 0 Å². The number of nitrogens with zero attached hydrogens (tertiary/aromatic N) is 3. The summed E-state index contributed by atoms with van der Waals surface area (Å²) in [5.74, 6) is -3.03. The first-order chi connectivity index (χ1) is 12.9. The molecule has 1 aromatic heterocycles. The van der Waals surface area contributed by atoms with Crippen molar-refractivity contribution in [3.8, 4) is 0 Å². The number of aromatic nitrogens is 1. The number of piperazine rings is 1. The average Bonchev–Trinajstić information content (AvgIpc) is 3.22. The maximum Gasteiger partial charge on any atom is 0.341 e. The molecule has 6 nitrogen and oxygen atoms in total. The fourth-order valence-electron chi connectivity index (χ4n) is 4.55. The van der Waals surface area contributed by atoms with Crippen LogP contribution in [0.5, 0.6) is 0 Å². The van der Waals surface area contributed by atoms with E-state index in [0.717, 1.165) is 31.8 Å². The van der Waals surface area contributed by atoms with Gasteiger partial charge in [0.05, 0.1) is 10.9 Å². The van der Waals surface area contributed by atoms with Gasteiger partial charge in [-0.15, -0.1) is 0 Å². The Balaban J connectivity index is 1.91. The molecule has 2 fully saturated rings. The molecule has 8 heteroatoms. The number of carbonyl (C=O) groups is 1. The van der Waals surface area contributed by atoms with Gasteiger partial charge in [0.2, 0.25) is 5.43 Å².